The lowest BCUT2D eigenvalue weighted by atomic mass is 10.0. The molecule has 2 aromatic heterocycles. The summed E-state index contributed by atoms with van der Waals surface area (Å²) in [6, 6.07) is 16.0. The number of fused-ring (bicyclic) bond motifs is 1. The molecule has 28 heavy (non-hydrogen) atoms. The average molecular weight is 372 g/mol. The maximum Gasteiger partial charge on any atom is 0.245 e. The minimum absolute atomic E-state index is 0.0808. The summed E-state index contributed by atoms with van der Waals surface area (Å²) in [7, 11) is 0. The van der Waals surface area contributed by atoms with Crippen molar-refractivity contribution in [1.29, 1.82) is 0 Å². The zero-order valence-corrected chi connectivity index (χ0v) is 16.3. The number of pyridine rings is 2. The molecule has 3 aromatic rings. The Kier molecular flexibility index (Phi) is 5.15. The lowest BCUT2D eigenvalue weighted by Gasteiger charge is -2.15. The number of benzene rings is 1. The molecule has 0 aliphatic carbocycles. The Bertz CT molecular complexity index is 1040. The molecule has 1 fully saturated rings. The first kappa shape index (κ1) is 18.3. The van der Waals surface area contributed by atoms with Crippen molar-refractivity contribution in [1.82, 2.24) is 15.0 Å². The van der Waals surface area contributed by atoms with Crippen LogP contribution in [0.5, 0.6) is 0 Å². The van der Waals surface area contributed by atoms with E-state index < -0.39 is 0 Å². The van der Waals surface area contributed by atoms with Crippen LogP contribution in [-0.4, -0.2) is 33.1 Å². The number of para-hydroxylation sites is 1. The van der Waals surface area contributed by atoms with Gasteiger partial charge in [-0.2, -0.15) is 5.10 Å². The van der Waals surface area contributed by atoms with E-state index in [1.165, 1.54) is 0 Å². The summed E-state index contributed by atoms with van der Waals surface area (Å²) in [5.74, 6) is 0.199. The van der Waals surface area contributed by atoms with Crippen LogP contribution in [0, 0.1) is 12.8 Å². The Morgan fingerprint density at radius 2 is 2.04 bits per heavy atom. The Hall–Kier alpha value is -3.08. The molecular formula is C23H24N4O. The zero-order chi connectivity index (χ0) is 19.5. The number of hydrazone groups is 1. The maximum absolute atomic E-state index is 12.6. The fraction of sp³-hybridized carbons (Fsp3) is 0.304. The van der Waals surface area contributed by atoms with Crippen molar-refractivity contribution in [2.24, 2.45) is 11.0 Å². The van der Waals surface area contributed by atoms with Gasteiger partial charge in [0.2, 0.25) is 5.91 Å². The third-order valence-corrected chi connectivity index (χ3v) is 5.31. The summed E-state index contributed by atoms with van der Waals surface area (Å²) < 4.78 is 0. The summed E-state index contributed by atoms with van der Waals surface area (Å²) in [5.41, 5.74) is 4.65. The van der Waals surface area contributed by atoms with Gasteiger partial charge in [0.1, 0.15) is 0 Å². The van der Waals surface area contributed by atoms with Gasteiger partial charge < -0.3 is 0 Å². The summed E-state index contributed by atoms with van der Waals surface area (Å²) >= 11 is 0. The van der Waals surface area contributed by atoms with Gasteiger partial charge >= 0.3 is 0 Å². The number of aryl methyl sites for hydroxylation is 1. The van der Waals surface area contributed by atoms with Crippen molar-refractivity contribution in [3.05, 3.63) is 71.7 Å². The van der Waals surface area contributed by atoms with E-state index in [4.69, 9.17) is 5.10 Å². The van der Waals surface area contributed by atoms with Gasteiger partial charge in [-0.25, -0.2) is 5.01 Å². The molecule has 1 saturated heterocycles. The van der Waals surface area contributed by atoms with Gasteiger partial charge in [-0.05, 0) is 49.6 Å². The van der Waals surface area contributed by atoms with E-state index in [0.29, 0.717) is 13.0 Å². The van der Waals surface area contributed by atoms with E-state index in [2.05, 4.69) is 23.0 Å². The normalized spacial score (nSPS) is 17.5. The van der Waals surface area contributed by atoms with Crippen LogP contribution >= 0.6 is 0 Å². The predicted molar refractivity (Wildman–Crippen MR) is 111 cm³/mol. The first-order chi connectivity index (χ1) is 13.7. The number of hydrogen-bond acceptors (Lipinski definition) is 4. The molecule has 1 unspecified atom stereocenters. The van der Waals surface area contributed by atoms with Gasteiger partial charge in [0, 0.05) is 36.2 Å². The first-order valence-electron chi connectivity index (χ1n) is 9.81. The van der Waals surface area contributed by atoms with Gasteiger partial charge in [-0.1, -0.05) is 31.2 Å². The van der Waals surface area contributed by atoms with Crippen LogP contribution in [0.15, 0.2) is 59.8 Å². The minimum atomic E-state index is 0.0808. The van der Waals surface area contributed by atoms with E-state index in [0.717, 1.165) is 46.4 Å². The molecule has 1 aromatic carbocycles. The first-order valence-corrected chi connectivity index (χ1v) is 9.81. The number of nitrogens with zero attached hydrogens (tertiary/aromatic N) is 4. The van der Waals surface area contributed by atoms with Crippen molar-refractivity contribution < 1.29 is 4.79 Å². The predicted octanol–water partition coefficient (Wildman–Crippen LogP) is 4.14. The number of hydrogen-bond donors (Lipinski definition) is 0. The molecule has 142 valence electrons. The number of carbonyl (C=O) groups is 1. The largest absolute Gasteiger partial charge is 0.273 e. The van der Waals surface area contributed by atoms with E-state index in [1.54, 1.807) is 5.01 Å². The number of carbonyl (C=O) groups excluding carboxylic acids is 1. The molecule has 5 heteroatoms. The second-order valence-corrected chi connectivity index (χ2v) is 7.23. The Labute approximate surface area is 165 Å². The van der Waals surface area contributed by atoms with E-state index in [9.17, 15) is 4.79 Å². The Morgan fingerprint density at radius 3 is 2.82 bits per heavy atom. The molecule has 5 nitrogen and oxygen atoms in total. The van der Waals surface area contributed by atoms with Crippen LogP contribution < -0.4 is 0 Å². The van der Waals surface area contributed by atoms with Crippen LogP contribution in [-0.2, 0) is 11.2 Å². The highest BCUT2D eigenvalue weighted by atomic mass is 16.2. The average Bonchev–Trinajstić information content (AvgIpc) is 3.07. The fourth-order valence-electron chi connectivity index (χ4n) is 3.72. The van der Waals surface area contributed by atoms with Gasteiger partial charge in [-0.3, -0.25) is 14.8 Å². The highest BCUT2D eigenvalue weighted by Crippen LogP contribution is 2.23. The van der Waals surface area contributed by atoms with Crippen LogP contribution in [0.1, 0.15) is 36.7 Å². The summed E-state index contributed by atoms with van der Waals surface area (Å²) in [4.78, 5) is 21.7. The quantitative estimate of drug-likeness (QED) is 0.632. The SMILES string of the molecule is CCC1CCN(N=C(Cc2ccnc3ccccc23)c2cccc(C)n2)C1=O. The smallest absolute Gasteiger partial charge is 0.245 e. The highest BCUT2D eigenvalue weighted by molar-refractivity contribution is 6.02. The third-order valence-electron chi connectivity index (χ3n) is 5.31. The molecule has 0 spiro atoms. The van der Waals surface area contributed by atoms with E-state index in [1.807, 2.05) is 55.6 Å². The monoisotopic (exact) mass is 372 g/mol. The standard InChI is InChI=1S/C23H24N4O/c1-3-17-12-14-27(23(17)28)26-22(21-10-6-7-16(2)25-21)15-18-11-13-24-20-9-5-4-8-19(18)20/h4-11,13,17H,3,12,14-15H2,1-2H3. The Balaban J connectivity index is 1.75. The number of amides is 1. The van der Waals surface area contributed by atoms with Crippen molar-refractivity contribution in [2.45, 2.75) is 33.1 Å². The van der Waals surface area contributed by atoms with Gasteiger partial charge in [0.05, 0.1) is 16.9 Å². The van der Waals surface area contributed by atoms with Crippen molar-refractivity contribution in [3.8, 4) is 0 Å². The van der Waals surface area contributed by atoms with Gasteiger partial charge in [-0.15, -0.1) is 0 Å². The molecule has 1 aliphatic rings. The molecule has 1 atom stereocenters. The second-order valence-electron chi connectivity index (χ2n) is 7.23. The molecule has 3 heterocycles. The summed E-state index contributed by atoms with van der Waals surface area (Å²) in [6.45, 7) is 4.70. The van der Waals surface area contributed by atoms with Crippen LogP contribution in [0.4, 0.5) is 0 Å². The lowest BCUT2D eigenvalue weighted by molar-refractivity contribution is -0.131. The van der Waals surface area contributed by atoms with Crippen molar-refractivity contribution >= 4 is 22.5 Å². The number of rotatable bonds is 5. The molecule has 0 radical (unpaired) electrons. The molecule has 1 aliphatic heterocycles. The van der Waals surface area contributed by atoms with Crippen LogP contribution in [0.2, 0.25) is 0 Å². The molecular weight excluding hydrogens is 348 g/mol. The van der Waals surface area contributed by atoms with E-state index >= 15 is 0 Å². The topological polar surface area (TPSA) is 58.5 Å². The second kappa shape index (κ2) is 7.89. The zero-order valence-electron chi connectivity index (χ0n) is 16.3. The summed E-state index contributed by atoms with van der Waals surface area (Å²) in [6.07, 6.45) is 4.15. The maximum atomic E-state index is 12.6. The lowest BCUT2D eigenvalue weighted by Crippen LogP contribution is -2.25. The van der Waals surface area contributed by atoms with Gasteiger partial charge in [0.15, 0.2) is 0 Å². The fourth-order valence-corrected chi connectivity index (χ4v) is 3.72. The Morgan fingerprint density at radius 1 is 1.18 bits per heavy atom. The highest BCUT2D eigenvalue weighted by Gasteiger charge is 2.30. The van der Waals surface area contributed by atoms with Crippen LogP contribution in [0.3, 0.4) is 0 Å². The number of aromatic nitrogens is 2. The molecule has 0 saturated carbocycles. The minimum Gasteiger partial charge on any atom is -0.273 e. The van der Waals surface area contributed by atoms with Crippen molar-refractivity contribution in [3.63, 3.8) is 0 Å². The third kappa shape index (κ3) is 3.65. The van der Waals surface area contributed by atoms with Gasteiger partial charge in [0.25, 0.3) is 0 Å². The van der Waals surface area contributed by atoms with Crippen molar-refractivity contribution in [2.75, 3.05) is 6.54 Å². The summed E-state index contributed by atoms with van der Waals surface area (Å²) in [5, 5.41) is 7.52. The van der Waals surface area contributed by atoms with E-state index in [-0.39, 0.29) is 11.8 Å². The molecule has 4 rings (SSSR count). The van der Waals surface area contributed by atoms with Crippen LogP contribution in [0.25, 0.3) is 10.9 Å². The molecule has 1 amide bonds. The molecule has 0 bridgehead atoms. The molecule has 0 N–H and O–H groups in total.